The first-order valence-corrected chi connectivity index (χ1v) is 14.2. The molecule has 6 aromatic carbocycles. The van der Waals surface area contributed by atoms with E-state index in [9.17, 15) is 0 Å². The van der Waals surface area contributed by atoms with Crippen molar-refractivity contribution in [3.63, 3.8) is 0 Å². The number of fused-ring (bicyclic) bond motifs is 9. The summed E-state index contributed by atoms with van der Waals surface area (Å²) in [6.07, 6.45) is 0. The van der Waals surface area contributed by atoms with Crippen molar-refractivity contribution < 1.29 is 0 Å². The van der Waals surface area contributed by atoms with Crippen molar-refractivity contribution in [2.45, 2.75) is 0 Å². The number of anilines is 4. The average Bonchev–Trinajstić information content (AvgIpc) is 3.55. The van der Waals surface area contributed by atoms with Crippen LogP contribution >= 0.6 is 0 Å². The molecule has 9 rings (SSSR count). The summed E-state index contributed by atoms with van der Waals surface area (Å²) in [6.45, 7) is 0.0560. The molecule has 41 heavy (non-hydrogen) atoms. The van der Waals surface area contributed by atoms with Crippen LogP contribution in [0.15, 0.2) is 140 Å². The second kappa shape index (κ2) is 8.39. The minimum Gasteiger partial charge on any atom is -0.373 e. The van der Waals surface area contributed by atoms with Crippen LogP contribution in [0, 0.1) is 0 Å². The van der Waals surface area contributed by atoms with Crippen molar-refractivity contribution in [1.29, 1.82) is 0 Å². The Labute approximate surface area is 239 Å². The van der Waals surface area contributed by atoms with Crippen LogP contribution in [-0.2, 0) is 0 Å². The summed E-state index contributed by atoms with van der Waals surface area (Å²) in [5, 5.41) is 2.55. The molecule has 0 saturated heterocycles. The fourth-order valence-corrected chi connectivity index (χ4v) is 7.28. The summed E-state index contributed by atoms with van der Waals surface area (Å²) in [7, 11) is 2.20. The van der Waals surface area contributed by atoms with Gasteiger partial charge < -0.3 is 14.3 Å². The first-order chi connectivity index (χ1) is 20.3. The minimum absolute atomic E-state index is 0.0560. The second-order valence-electron chi connectivity index (χ2n) is 11.0. The third-order valence-corrected chi connectivity index (χ3v) is 8.97. The number of hydrogen-bond acceptors (Lipinski definition) is 2. The lowest BCUT2D eigenvalue weighted by molar-refractivity contribution is 1.15. The molecule has 7 aromatic rings. The fraction of sp³-hybridized carbons (Fsp3) is 0.0270. The molecule has 0 saturated carbocycles. The lowest BCUT2D eigenvalue weighted by Gasteiger charge is -2.42. The number of rotatable bonds is 2. The first kappa shape index (κ1) is 22.6. The predicted molar refractivity (Wildman–Crippen MR) is 174 cm³/mol. The van der Waals surface area contributed by atoms with E-state index in [1.165, 1.54) is 72.3 Å². The highest BCUT2D eigenvalue weighted by atomic mass is 15.2. The van der Waals surface area contributed by atoms with Gasteiger partial charge in [-0.05, 0) is 64.5 Å². The SMILES string of the molecule is CN1c2ccccc2N(B2c3ccccc3-c3ccccc32)c2c1ccc1c2c2ccccc2n1-c1ccccc1. The van der Waals surface area contributed by atoms with Gasteiger partial charge in [0.15, 0.2) is 0 Å². The van der Waals surface area contributed by atoms with E-state index >= 15 is 0 Å². The van der Waals surface area contributed by atoms with Crippen LogP contribution < -0.4 is 20.6 Å². The van der Waals surface area contributed by atoms with Crippen LogP contribution in [0.2, 0.25) is 0 Å². The van der Waals surface area contributed by atoms with Crippen LogP contribution in [0.3, 0.4) is 0 Å². The molecular weight excluding hydrogens is 497 g/mol. The number of hydrogen-bond donors (Lipinski definition) is 0. The number of para-hydroxylation sites is 4. The molecule has 0 fully saturated rings. The van der Waals surface area contributed by atoms with E-state index < -0.39 is 0 Å². The molecule has 0 radical (unpaired) electrons. The Kier molecular flexibility index (Phi) is 4.62. The van der Waals surface area contributed by atoms with E-state index in [0.717, 1.165) is 0 Å². The molecule has 2 aliphatic rings. The van der Waals surface area contributed by atoms with Gasteiger partial charge in [0, 0.05) is 23.5 Å². The van der Waals surface area contributed by atoms with Gasteiger partial charge in [0.05, 0.1) is 33.8 Å². The molecule has 192 valence electrons. The topological polar surface area (TPSA) is 11.4 Å². The van der Waals surface area contributed by atoms with Crippen LogP contribution in [0.4, 0.5) is 22.7 Å². The summed E-state index contributed by atoms with van der Waals surface area (Å²) < 4.78 is 2.42. The second-order valence-corrected chi connectivity index (χ2v) is 11.0. The van der Waals surface area contributed by atoms with Crippen LogP contribution in [0.5, 0.6) is 0 Å². The largest absolute Gasteiger partial charge is 0.373 e. The van der Waals surface area contributed by atoms with E-state index in [0.29, 0.717) is 0 Å². The van der Waals surface area contributed by atoms with Crippen molar-refractivity contribution >= 4 is 62.3 Å². The average molecular weight is 523 g/mol. The Hall–Kier alpha value is -5.22. The Morgan fingerprint density at radius 1 is 0.488 bits per heavy atom. The molecule has 0 amide bonds. The summed E-state index contributed by atoms with van der Waals surface area (Å²) in [5.74, 6) is 0. The Morgan fingerprint density at radius 3 is 1.85 bits per heavy atom. The standard InChI is InChI=1S/C37H26BN3/c1-39-32-21-11-12-22-33(32)41(38-29-18-8-5-15-26(29)27-16-6-9-19-30(27)38)37-35(39)24-23-34-36(37)28-17-7-10-20-31(28)40(34)25-13-3-2-4-14-25/h2-24H,1H3. The summed E-state index contributed by atoms with van der Waals surface area (Å²) in [6, 6.07) is 50.9. The third kappa shape index (κ3) is 2.99. The molecule has 1 aromatic heterocycles. The van der Waals surface area contributed by atoms with E-state index in [1.54, 1.807) is 0 Å². The van der Waals surface area contributed by atoms with E-state index in [1.807, 2.05) is 0 Å². The van der Waals surface area contributed by atoms with Crippen molar-refractivity contribution in [2.24, 2.45) is 0 Å². The van der Waals surface area contributed by atoms with Gasteiger partial charge in [-0.25, -0.2) is 0 Å². The molecule has 2 aliphatic heterocycles. The Morgan fingerprint density at radius 2 is 1.10 bits per heavy atom. The summed E-state index contributed by atoms with van der Waals surface area (Å²) in [4.78, 5) is 4.99. The van der Waals surface area contributed by atoms with Crippen LogP contribution in [0.25, 0.3) is 38.6 Å². The predicted octanol–water partition coefficient (Wildman–Crippen LogP) is 7.79. The molecule has 0 atom stereocenters. The monoisotopic (exact) mass is 523 g/mol. The van der Waals surface area contributed by atoms with Gasteiger partial charge in [-0.3, -0.25) is 0 Å². The zero-order valence-electron chi connectivity index (χ0n) is 22.7. The summed E-state index contributed by atoms with van der Waals surface area (Å²) >= 11 is 0. The zero-order valence-corrected chi connectivity index (χ0v) is 22.7. The van der Waals surface area contributed by atoms with E-state index in [4.69, 9.17) is 0 Å². The molecule has 4 heteroatoms. The molecule has 0 aliphatic carbocycles. The molecule has 3 heterocycles. The lowest BCUT2D eigenvalue weighted by atomic mass is 9.51. The molecule has 0 N–H and O–H groups in total. The van der Waals surface area contributed by atoms with E-state index in [2.05, 4.69) is 161 Å². The fourth-order valence-electron chi connectivity index (χ4n) is 7.28. The number of aromatic nitrogens is 1. The molecule has 3 nitrogen and oxygen atoms in total. The molecular formula is C37H26BN3. The van der Waals surface area contributed by atoms with Crippen LogP contribution in [0.1, 0.15) is 0 Å². The van der Waals surface area contributed by atoms with Crippen LogP contribution in [-0.4, -0.2) is 18.5 Å². The normalized spacial score (nSPS) is 13.3. The van der Waals surface area contributed by atoms with Gasteiger partial charge in [0.1, 0.15) is 0 Å². The minimum atomic E-state index is 0.0560. The Balaban J connectivity index is 1.44. The van der Waals surface area contributed by atoms with Gasteiger partial charge in [-0.15, -0.1) is 0 Å². The van der Waals surface area contributed by atoms with Gasteiger partial charge >= 0.3 is 6.85 Å². The van der Waals surface area contributed by atoms with Crippen molar-refractivity contribution in [2.75, 3.05) is 16.8 Å². The molecule has 0 unspecified atom stereocenters. The molecule has 0 bridgehead atoms. The maximum Gasteiger partial charge on any atom is 0.329 e. The number of nitrogens with zero attached hydrogens (tertiary/aromatic N) is 3. The van der Waals surface area contributed by atoms with Gasteiger partial charge in [0.25, 0.3) is 0 Å². The maximum atomic E-state index is 2.62. The Bertz CT molecular complexity index is 2100. The highest BCUT2D eigenvalue weighted by Crippen LogP contribution is 2.53. The zero-order chi connectivity index (χ0) is 27.1. The van der Waals surface area contributed by atoms with Gasteiger partial charge in [-0.1, -0.05) is 97.1 Å². The van der Waals surface area contributed by atoms with E-state index in [-0.39, 0.29) is 6.85 Å². The van der Waals surface area contributed by atoms with Crippen molar-refractivity contribution in [3.8, 4) is 16.8 Å². The first-order valence-electron chi connectivity index (χ1n) is 14.2. The van der Waals surface area contributed by atoms with Crippen molar-refractivity contribution in [3.05, 3.63) is 140 Å². The quantitative estimate of drug-likeness (QED) is 0.214. The van der Waals surface area contributed by atoms with Crippen molar-refractivity contribution in [1.82, 2.24) is 4.57 Å². The highest BCUT2D eigenvalue weighted by molar-refractivity contribution is 6.93. The lowest BCUT2D eigenvalue weighted by Crippen LogP contribution is -2.53. The van der Waals surface area contributed by atoms with Gasteiger partial charge in [0.2, 0.25) is 0 Å². The maximum absolute atomic E-state index is 2.62. The molecule has 0 spiro atoms. The third-order valence-electron chi connectivity index (χ3n) is 8.97. The highest BCUT2D eigenvalue weighted by Gasteiger charge is 2.42. The number of benzene rings is 6. The smallest absolute Gasteiger partial charge is 0.329 e. The van der Waals surface area contributed by atoms with Gasteiger partial charge in [-0.2, -0.15) is 0 Å². The summed E-state index contributed by atoms with van der Waals surface area (Å²) in [5.41, 5.74) is 13.9.